The van der Waals surface area contributed by atoms with Gasteiger partial charge in [0, 0.05) is 32.5 Å². The van der Waals surface area contributed by atoms with E-state index in [0.717, 1.165) is 12.1 Å². The summed E-state index contributed by atoms with van der Waals surface area (Å²) in [6.07, 6.45) is -20.3. The van der Waals surface area contributed by atoms with E-state index in [1.165, 1.54) is 6.07 Å². The number of benzene rings is 1. The second-order valence-electron chi connectivity index (χ2n) is 4.15. The summed E-state index contributed by atoms with van der Waals surface area (Å²) in [4.78, 5) is 11.8. The number of rotatable bonds is 4. The summed E-state index contributed by atoms with van der Waals surface area (Å²) in [5.74, 6) is -3.43. The normalized spacial score (nSPS) is 48.0. The number of hydrogen-bond donors (Lipinski definition) is 1. The van der Waals surface area contributed by atoms with Gasteiger partial charge in [-0.05, 0) is 43.2 Å². The number of amides is 1. The van der Waals surface area contributed by atoms with Crippen LogP contribution in [0.25, 0.3) is 0 Å². The maximum atomic E-state index is 11.8. The van der Waals surface area contributed by atoms with Gasteiger partial charge in [0.25, 0.3) is 0 Å². The highest BCUT2D eigenvalue weighted by molar-refractivity contribution is 5.79. The Morgan fingerprint density at radius 1 is 1.40 bits per heavy atom. The van der Waals surface area contributed by atoms with E-state index in [0.29, 0.717) is 0 Å². The molecule has 1 heterocycles. The highest BCUT2D eigenvalue weighted by atomic mass is 16.5. The highest BCUT2D eigenvalue weighted by Gasteiger charge is 2.25. The fraction of sp³-hybridized carbons (Fsp3) is 0.562. The van der Waals surface area contributed by atoms with Crippen LogP contribution < -0.4 is 14.8 Å². The van der Waals surface area contributed by atoms with E-state index < -0.39 is 68.3 Å². The molecular formula is C16H21NO3. The zero-order chi connectivity index (χ0) is 26.3. The lowest BCUT2D eigenvalue weighted by atomic mass is 9.98. The zero-order valence-electron chi connectivity index (χ0n) is 24.2. The molecule has 1 aromatic rings. The minimum absolute atomic E-state index is 0.0324. The molecule has 0 bridgehead atoms. The molecule has 1 atom stereocenters. The SMILES string of the molecule is [2H]C([2H])([2H])Oc1ccc(C2CNC(=O)C2([2H])[2H])cc1OC1([2H])C([2H])([2H])C([2H])([2H])C([2H])([2H])C1([2H])[2H]. The maximum absolute atomic E-state index is 11.8. The summed E-state index contributed by atoms with van der Waals surface area (Å²) in [5, 5.41) is 2.33. The summed E-state index contributed by atoms with van der Waals surface area (Å²) in [7, 11) is -3.08. The Morgan fingerprint density at radius 3 is 2.95 bits per heavy atom. The zero-order valence-corrected chi connectivity index (χ0v) is 10.2. The lowest BCUT2D eigenvalue weighted by Crippen LogP contribution is -2.14. The van der Waals surface area contributed by atoms with Crippen molar-refractivity contribution in [3.63, 3.8) is 0 Å². The lowest BCUT2D eigenvalue weighted by Gasteiger charge is -2.18. The first-order valence-electron chi connectivity index (χ1n) is 12.8. The van der Waals surface area contributed by atoms with Crippen molar-refractivity contribution in [3.05, 3.63) is 23.8 Å². The summed E-state index contributed by atoms with van der Waals surface area (Å²) in [6.45, 7) is -0.163. The molecule has 1 aliphatic heterocycles. The molecule has 0 aromatic heterocycles. The van der Waals surface area contributed by atoms with Crippen LogP contribution in [0, 0.1) is 0 Å². The Kier molecular flexibility index (Phi) is 1.33. The number of ether oxygens (including phenoxy) is 2. The summed E-state index contributed by atoms with van der Waals surface area (Å²) >= 11 is 0. The first-order valence-corrected chi connectivity index (χ1v) is 5.85. The Labute approximate surface area is 139 Å². The van der Waals surface area contributed by atoms with Crippen molar-refractivity contribution in [2.45, 2.75) is 43.9 Å². The largest absolute Gasteiger partial charge is 0.493 e. The van der Waals surface area contributed by atoms with Crippen LogP contribution in [0.1, 0.15) is 62.5 Å². The third-order valence-electron chi connectivity index (χ3n) is 2.88. The monoisotopic (exact) mass is 289 g/mol. The van der Waals surface area contributed by atoms with E-state index in [2.05, 4.69) is 5.32 Å². The fourth-order valence-corrected chi connectivity index (χ4v) is 1.93. The van der Waals surface area contributed by atoms with Gasteiger partial charge in [-0.1, -0.05) is 6.07 Å². The first kappa shape index (κ1) is 4.65. The molecule has 1 saturated heterocycles. The van der Waals surface area contributed by atoms with Gasteiger partial charge in [0.2, 0.25) is 5.91 Å². The van der Waals surface area contributed by atoms with Gasteiger partial charge in [-0.2, -0.15) is 0 Å². The van der Waals surface area contributed by atoms with Gasteiger partial charge in [0.05, 0.1) is 18.6 Å². The summed E-state index contributed by atoms with van der Waals surface area (Å²) < 4.78 is 120. The predicted octanol–water partition coefficient (Wildman–Crippen LogP) is 2.62. The topological polar surface area (TPSA) is 47.6 Å². The highest BCUT2D eigenvalue weighted by Crippen LogP contribution is 2.35. The molecule has 1 amide bonds. The molecule has 2 aliphatic rings. The second kappa shape index (κ2) is 5.73. The van der Waals surface area contributed by atoms with Crippen LogP contribution >= 0.6 is 0 Å². The third-order valence-corrected chi connectivity index (χ3v) is 2.88. The quantitative estimate of drug-likeness (QED) is 0.927. The molecule has 1 aliphatic carbocycles. The van der Waals surface area contributed by atoms with Gasteiger partial charge in [0.15, 0.2) is 11.5 Å². The van der Waals surface area contributed by atoms with Crippen molar-refractivity contribution in [2.24, 2.45) is 0 Å². The molecule has 4 heteroatoms. The maximum Gasteiger partial charge on any atom is 0.220 e. The molecule has 3 rings (SSSR count). The summed E-state index contributed by atoms with van der Waals surface area (Å²) in [6, 6.07) is 3.14. The van der Waals surface area contributed by atoms with Crippen molar-refractivity contribution in [2.75, 3.05) is 13.6 Å². The van der Waals surface area contributed by atoms with Gasteiger partial charge in [0.1, 0.15) is 0 Å². The number of carbonyl (C=O) groups is 1. The molecule has 20 heavy (non-hydrogen) atoms. The van der Waals surface area contributed by atoms with Gasteiger partial charge in [-0.25, -0.2) is 0 Å². The smallest absolute Gasteiger partial charge is 0.220 e. The number of carbonyl (C=O) groups excluding carboxylic acids is 1. The number of nitrogens with one attached hydrogen (secondary N) is 1. The molecule has 1 aromatic carbocycles. The van der Waals surface area contributed by atoms with Crippen LogP contribution in [0.15, 0.2) is 18.2 Å². The van der Waals surface area contributed by atoms with Crippen LogP contribution in [0.2, 0.25) is 0 Å². The minimum Gasteiger partial charge on any atom is -0.493 e. The summed E-state index contributed by atoms with van der Waals surface area (Å²) in [5.41, 5.74) is 0.0324. The molecule has 0 radical (unpaired) electrons. The molecule has 2 fully saturated rings. The number of methoxy groups -OCH3 is 1. The van der Waals surface area contributed by atoms with E-state index in [9.17, 15) is 4.79 Å². The van der Waals surface area contributed by atoms with Crippen LogP contribution in [-0.4, -0.2) is 25.6 Å². The Hall–Kier alpha value is -1.71. The van der Waals surface area contributed by atoms with Gasteiger partial charge in [-0.3, -0.25) is 4.79 Å². The van der Waals surface area contributed by atoms with Crippen molar-refractivity contribution in [1.82, 2.24) is 5.32 Å². The second-order valence-corrected chi connectivity index (χ2v) is 4.15. The fourth-order valence-electron chi connectivity index (χ4n) is 1.93. The van der Waals surface area contributed by atoms with E-state index in [1.54, 1.807) is 0 Å². The van der Waals surface area contributed by atoms with E-state index in [-0.39, 0.29) is 12.1 Å². The molecule has 1 saturated carbocycles. The Bertz CT molecular complexity index is 979. The lowest BCUT2D eigenvalue weighted by molar-refractivity contribution is -0.119. The van der Waals surface area contributed by atoms with Crippen LogP contribution in [0.3, 0.4) is 0 Å². The average Bonchev–Trinajstić information content (AvgIpc) is 2.95. The molecule has 0 spiro atoms. The van der Waals surface area contributed by atoms with Crippen molar-refractivity contribution in [3.8, 4) is 11.5 Å². The van der Waals surface area contributed by atoms with E-state index >= 15 is 0 Å². The van der Waals surface area contributed by atoms with Crippen molar-refractivity contribution >= 4 is 5.91 Å². The molecular weight excluding hydrogens is 254 g/mol. The molecule has 1 unspecified atom stereocenters. The standard InChI is InChI=1S/C16H21NO3/c1-19-14-7-6-11(12-9-16(18)17-10-12)8-15(14)20-13-4-2-3-5-13/h6-8,12-13H,2-5,9-10H2,1H3,(H,17,18)/i1D3,2D2,3D2,4D2,5D2,9D2,13D. The predicted molar refractivity (Wildman–Crippen MR) is 76.2 cm³/mol. The van der Waals surface area contributed by atoms with Crippen molar-refractivity contribution < 1.29 is 33.5 Å². The molecule has 1 N–H and O–H groups in total. The molecule has 108 valence electrons. The molecule has 4 nitrogen and oxygen atoms in total. The van der Waals surface area contributed by atoms with E-state index in [1.807, 2.05) is 0 Å². The van der Waals surface area contributed by atoms with E-state index in [4.69, 9.17) is 28.7 Å². The van der Waals surface area contributed by atoms with Crippen LogP contribution in [0.4, 0.5) is 0 Å². The van der Waals surface area contributed by atoms with Gasteiger partial charge >= 0.3 is 0 Å². The van der Waals surface area contributed by atoms with Gasteiger partial charge < -0.3 is 14.8 Å². The number of hydrogen-bond acceptors (Lipinski definition) is 3. The third kappa shape index (κ3) is 2.74. The Morgan fingerprint density at radius 2 is 2.25 bits per heavy atom. The van der Waals surface area contributed by atoms with Crippen LogP contribution in [0.5, 0.6) is 11.5 Å². The van der Waals surface area contributed by atoms with Crippen LogP contribution in [-0.2, 0) is 4.79 Å². The average molecular weight is 289 g/mol. The van der Waals surface area contributed by atoms with Gasteiger partial charge in [-0.15, -0.1) is 0 Å². The van der Waals surface area contributed by atoms with Crippen molar-refractivity contribution in [1.29, 1.82) is 0 Å². The Balaban J connectivity index is 2.18. The minimum atomic E-state index is -3.60. The first-order chi connectivity index (χ1) is 15.0.